The van der Waals surface area contributed by atoms with Crippen molar-refractivity contribution in [1.82, 2.24) is 5.43 Å². The highest BCUT2D eigenvalue weighted by molar-refractivity contribution is 8.14. The minimum atomic E-state index is -0.332. The van der Waals surface area contributed by atoms with Crippen LogP contribution in [0.2, 0.25) is 0 Å². The van der Waals surface area contributed by atoms with E-state index in [0.29, 0.717) is 16.6 Å². The van der Waals surface area contributed by atoms with Crippen LogP contribution in [0.3, 0.4) is 0 Å². The molecule has 0 fully saturated rings. The van der Waals surface area contributed by atoms with Crippen molar-refractivity contribution in [3.63, 3.8) is 0 Å². The van der Waals surface area contributed by atoms with Crippen LogP contribution < -0.4 is 5.43 Å². The summed E-state index contributed by atoms with van der Waals surface area (Å²) in [7, 11) is 0. The normalized spacial score (nSPS) is 16.3. The summed E-state index contributed by atoms with van der Waals surface area (Å²) in [6, 6.07) is 12.8. The Labute approximate surface area is 133 Å². The van der Waals surface area contributed by atoms with E-state index in [4.69, 9.17) is 0 Å². The molecule has 1 aliphatic heterocycles. The van der Waals surface area contributed by atoms with E-state index in [1.54, 1.807) is 18.2 Å². The first kappa shape index (κ1) is 14.8. The van der Waals surface area contributed by atoms with Crippen molar-refractivity contribution >= 4 is 28.3 Å². The molecule has 0 saturated carbocycles. The van der Waals surface area contributed by atoms with Crippen molar-refractivity contribution in [2.45, 2.75) is 13.8 Å². The first-order valence-corrected chi connectivity index (χ1v) is 7.98. The number of aryl methyl sites for hydroxylation is 2. The SMILES string of the molecule is Cc1ccc(C)c(C2=NNC(=Nc3ccccc3F)SC2)c1. The van der Waals surface area contributed by atoms with Crippen LogP contribution in [0.4, 0.5) is 10.1 Å². The summed E-state index contributed by atoms with van der Waals surface area (Å²) in [4.78, 5) is 4.27. The third-order valence-corrected chi connectivity index (χ3v) is 4.28. The maximum Gasteiger partial charge on any atom is 0.182 e. The minimum absolute atomic E-state index is 0.322. The first-order chi connectivity index (χ1) is 10.6. The molecule has 0 aliphatic carbocycles. The molecule has 0 spiro atoms. The van der Waals surface area contributed by atoms with Crippen LogP contribution in [-0.4, -0.2) is 16.6 Å². The van der Waals surface area contributed by atoms with Gasteiger partial charge in [-0.25, -0.2) is 9.38 Å². The molecular formula is C17H16FN3S. The molecule has 1 aliphatic rings. The zero-order valence-electron chi connectivity index (χ0n) is 12.4. The fourth-order valence-corrected chi connectivity index (χ4v) is 2.98. The van der Waals surface area contributed by atoms with Gasteiger partial charge >= 0.3 is 0 Å². The van der Waals surface area contributed by atoms with Gasteiger partial charge in [0.25, 0.3) is 0 Å². The number of para-hydroxylation sites is 1. The molecule has 0 atom stereocenters. The summed E-state index contributed by atoms with van der Waals surface area (Å²) in [5.41, 5.74) is 7.78. The number of rotatable bonds is 2. The van der Waals surface area contributed by atoms with Crippen LogP contribution in [0.25, 0.3) is 0 Å². The molecule has 2 aromatic rings. The Kier molecular flexibility index (Phi) is 4.24. The Bertz CT molecular complexity index is 768. The average molecular weight is 313 g/mol. The number of thioether (sulfide) groups is 1. The summed E-state index contributed by atoms with van der Waals surface area (Å²) in [5.74, 6) is 0.381. The molecule has 0 saturated heterocycles. The summed E-state index contributed by atoms with van der Waals surface area (Å²) in [5, 5.41) is 5.01. The highest BCUT2D eigenvalue weighted by Gasteiger charge is 2.15. The third-order valence-electron chi connectivity index (χ3n) is 3.41. The number of benzene rings is 2. The molecule has 0 amide bonds. The second kappa shape index (κ2) is 6.32. The maximum absolute atomic E-state index is 13.6. The lowest BCUT2D eigenvalue weighted by molar-refractivity contribution is 0.630. The Morgan fingerprint density at radius 1 is 1.18 bits per heavy atom. The molecule has 0 unspecified atom stereocenters. The second-order valence-electron chi connectivity index (χ2n) is 5.15. The van der Waals surface area contributed by atoms with Gasteiger partial charge in [-0.1, -0.05) is 41.6 Å². The van der Waals surface area contributed by atoms with E-state index < -0.39 is 0 Å². The molecule has 5 heteroatoms. The predicted molar refractivity (Wildman–Crippen MR) is 91.5 cm³/mol. The molecule has 1 heterocycles. The third kappa shape index (κ3) is 3.20. The smallest absolute Gasteiger partial charge is 0.182 e. The largest absolute Gasteiger partial charge is 0.255 e. The lowest BCUT2D eigenvalue weighted by Gasteiger charge is -2.16. The zero-order valence-corrected chi connectivity index (χ0v) is 13.2. The highest BCUT2D eigenvalue weighted by Crippen LogP contribution is 2.22. The summed E-state index contributed by atoms with van der Waals surface area (Å²) in [6.45, 7) is 4.14. The lowest BCUT2D eigenvalue weighted by Crippen LogP contribution is -2.25. The Hall–Kier alpha value is -2.14. The fourth-order valence-electron chi connectivity index (χ4n) is 2.21. The van der Waals surface area contributed by atoms with Gasteiger partial charge in [0, 0.05) is 11.3 Å². The first-order valence-electron chi connectivity index (χ1n) is 7.00. The van der Waals surface area contributed by atoms with E-state index in [9.17, 15) is 4.39 Å². The number of hydrazone groups is 1. The molecule has 3 nitrogen and oxygen atoms in total. The van der Waals surface area contributed by atoms with E-state index in [0.717, 1.165) is 11.3 Å². The summed E-state index contributed by atoms with van der Waals surface area (Å²) < 4.78 is 13.6. The van der Waals surface area contributed by atoms with Crippen LogP contribution in [0, 0.1) is 19.7 Å². The van der Waals surface area contributed by atoms with Gasteiger partial charge < -0.3 is 0 Å². The van der Waals surface area contributed by atoms with Crippen LogP contribution in [-0.2, 0) is 0 Å². The minimum Gasteiger partial charge on any atom is -0.255 e. The van der Waals surface area contributed by atoms with Crippen molar-refractivity contribution in [2.24, 2.45) is 10.1 Å². The van der Waals surface area contributed by atoms with E-state index in [2.05, 4.69) is 47.6 Å². The Balaban J connectivity index is 1.83. The highest BCUT2D eigenvalue weighted by atomic mass is 32.2. The second-order valence-corrected chi connectivity index (χ2v) is 6.11. The van der Waals surface area contributed by atoms with E-state index in [-0.39, 0.29) is 5.82 Å². The van der Waals surface area contributed by atoms with Gasteiger partial charge in [-0.15, -0.1) is 0 Å². The topological polar surface area (TPSA) is 36.8 Å². The number of hydrogen-bond acceptors (Lipinski definition) is 3. The van der Waals surface area contributed by atoms with E-state index in [1.807, 2.05) is 0 Å². The molecule has 112 valence electrons. The van der Waals surface area contributed by atoms with E-state index >= 15 is 0 Å². The zero-order chi connectivity index (χ0) is 15.5. The molecule has 1 N–H and O–H groups in total. The van der Waals surface area contributed by atoms with Gasteiger partial charge in [0.15, 0.2) is 5.17 Å². The Morgan fingerprint density at radius 2 is 2.00 bits per heavy atom. The molecular weight excluding hydrogens is 297 g/mol. The number of halogens is 1. The van der Waals surface area contributed by atoms with Gasteiger partial charge in [0.1, 0.15) is 11.5 Å². The van der Waals surface area contributed by atoms with Crippen molar-refractivity contribution in [3.8, 4) is 0 Å². The van der Waals surface area contributed by atoms with Crippen molar-refractivity contribution in [1.29, 1.82) is 0 Å². The summed E-state index contributed by atoms with van der Waals surface area (Å²) >= 11 is 1.53. The number of amidine groups is 1. The van der Waals surface area contributed by atoms with Crippen LogP contribution in [0.15, 0.2) is 52.6 Å². The van der Waals surface area contributed by atoms with Gasteiger partial charge in [-0.3, -0.25) is 5.43 Å². The molecule has 0 aromatic heterocycles. The van der Waals surface area contributed by atoms with Gasteiger partial charge in [0.2, 0.25) is 0 Å². The number of hydrogen-bond donors (Lipinski definition) is 1. The average Bonchev–Trinajstić information content (AvgIpc) is 2.53. The Morgan fingerprint density at radius 3 is 2.73 bits per heavy atom. The predicted octanol–water partition coefficient (Wildman–Crippen LogP) is 4.17. The van der Waals surface area contributed by atoms with Gasteiger partial charge in [-0.2, -0.15) is 5.10 Å². The summed E-state index contributed by atoms with van der Waals surface area (Å²) in [6.07, 6.45) is 0. The molecule has 2 aromatic carbocycles. The van der Waals surface area contributed by atoms with Gasteiger partial charge in [-0.05, 0) is 37.6 Å². The van der Waals surface area contributed by atoms with Gasteiger partial charge in [0.05, 0.1) is 5.71 Å². The monoisotopic (exact) mass is 313 g/mol. The quantitative estimate of drug-likeness (QED) is 0.903. The van der Waals surface area contributed by atoms with Crippen molar-refractivity contribution < 1.29 is 4.39 Å². The van der Waals surface area contributed by atoms with Crippen LogP contribution in [0.1, 0.15) is 16.7 Å². The fraction of sp³-hybridized carbons (Fsp3) is 0.176. The number of nitrogens with one attached hydrogen (secondary N) is 1. The number of nitrogens with zero attached hydrogens (tertiary/aromatic N) is 2. The van der Waals surface area contributed by atoms with Crippen LogP contribution >= 0.6 is 11.8 Å². The van der Waals surface area contributed by atoms with Crippen LogP contribution in [0.5, 0.6) is 0 Å². The maximum atomic E-state index is 13.6. The van der Waals surface area contributed by atoms with E-state index in [1.165, 1.54) is 29.0 Å². The standard InChI is InChI=1S/C17H16FN3S/c1-11-7-8-12(2)13(9-11)16-10-22-17(21-20-16)19-15-6-4-3-5-14(15)18/h3-9H,10H2,1-2H3,(H,19,21). The molecule has 3 rings (SSSR count). The molecule has 0 radical (unpaired) electrons. The number of aliphatic imine (C=N–C) groups is 1. The lowest BCUT2D eigenvalue weighted by atomic mass is 10.0. The van der Waals surface area contributed by atoms with Crippen molar-refractivity contribution in [3.05, 3.63) is 65.0 Å². The van der Waals surface area contributed by atoms with Crippen molar-refractivity contribution in [2.75, 3.05) is 5.75 Å². The molecule has 22 heavy (non-hydrogen) atoms. The molecule has 0 bridgehead atoms.